The van der Waals surface area contributed by atoms with E-state index in [2.05, 4.69) is 15.4 Å². The molecular weight excluding hydrogens is 452 g/mol. The number of carbonyl (C=O) groups is 2. The van der Waals surface area contributed by atoms with Crippen molar-refractivity contribution in [3.8, 4) is 0 Å². The van der Waals surface area contributed by atoms with Gasteiger partial charge in [0, 0.05) is 11.8 Å². The number of carbonyl (C=O) groups excluding carboxylic acids is 2. The van der Waals surface area contributed by atoms with Crippen molar-refractivity contribution < 1.29 is 14.3 Å². The fourth-order valence-corrected chi connectivity index (χ4v) is 7.36. The lowest BCUT2D eigenvalue weighted by molar-refractivity contribution is -0.140. The van der Waals surface area contributed by atoms with Gasteiger partial charge in [-0.05, 0) is 87.5 Å². The number of esters is 1. The maximum Gasteiger partial charge on any atom is 0.338 e. The van der Waals surface area contributed by atoms with Crippen LogP contribution in [-0.4, -0.2) is 26.5 Å². The first kappa shape index (κ1) is 21.5. The van der Waals surface area contributed by atoms with Crippen LogP contribution in [-0.2, 0) is 16.1 Å². The second kappa shape index (κ2) is 8.01. The lowest BCUT2D eigenvalue weighted by Crippen LogP contribution is -2.51. The zero-order chi connectivity index (χ0) is 23.4. The Labute approximate surface area is 200 Å². The number of nitrogens with zero attached hydrogens (tertiary/aromatic N) is 3. The van der Waals surface area contributed by atoms with Gasteiger partial charge in [-0.3, -0.25) is 9.59 Å². The molecule has 0 aliphatic heterocycles. The number of amides is 1. The zero-order valence-electron chi connectivity index (χ0n) is 19.0. The predicted molar refractivity (Wildman–Crippen MR) is 127 cm³/mol. The zero-order valence-corrected chi connectivity index (χ0v) is 19.8. The Hall–Kier alpha value is -3.07. The Bertz CT molecular complexity index is 1310. The van der Waals surface area contributed by atoms with Gasteiger partial charge in [0.05, 0.1) is 16.7 Å². The summed E-state index contributed by atoms with van der Waals surface area (Å²) in [7, 11) is 0. The molecule has 4 saturated carbocycles. The van der Waals surface area contributed by atoms with E-state index >= 15 is 0 Å². The lowest BCUT2D eigenvalue weighted by Gasteiger charge is -2.55. The van der Waals surface area contributed by atoms with Crippen molar-refractivity contribution in [2.45, 2.75) is 52.1 Å². The summed E-state index contributed by atoms with van der Waals surface area (Å²) in [4.78, 5) is 42.7. The highest BCUT2D eigenvalue weighted by Gasteiger charge is 2.54. The Kier molecular flexibility index (Phi) is 5.05. The van der Waals surface area contributed by atoms with Crippen LogP contribution in [0.1, 0.15) is 59.6 Å². The van der Waals surface area contributed by atoms with Crippen molar-refractivity contribution >= 4 is 33.9 Å². The van der Waals surface area contributed by atoms with E-state index < -0.39 is 5.97 Å². The van der Waals surface area contributed by atoms with Crippen LogP contribution >= 0.6 is 11.3 Å². The summed E-state index contributed by atoms with van der Waals surface area (Å²) in [6, 6.07) is 8.10. The summed E-state index contributed by atoms with van der Waals surface area (Å²) in [5.74, 6) is 1.75. The van der Waals surface area contributed by atoms with Gasteiger partial charge < -0.3 is 10.1 Å². The molecule has 34 heavy (non-hydrogen) atoms. The maximum absolute atomic E-state index is 13.2. The van der Waals surface area contributed by atoms with Crippen LogP contribution in [0, 0.1) is 30.1 Å². The largest absolute Gasteiger partial charge is 0.456 e. The van der Waals surface area contributed by atoms with Gasteiger partial charge in [-0.1, -0.05) is 11.3 Å². The van der Waals surface area contributed by atoms with E-state index in [-0.39, 0.29) is 23.5 Å². The van der Waals surface area contributed by atoms with Crippen LogP contribution in [0.25, 0.3) is 4.96 Å². The number of hydrogen-bond donors (Lipinski definition) is 1. The molecule has 176 valence electrons. The molecule has 1 aromatic carbocycles. The first-order valence-corrected chi connectivity index (χ1v) is 12.6. The smallest absolute Gasteiger partial charge is 0.338 e. The molecule has 7 rings (SSSR count). The van der Waals surface area contributed by atoms with Crippen LogP contribution in [0.3, 0.4) is 0 Å². The SMILES string of the molecule is Cc1nn2c(=O)cc(COC(=O)c3ccc(NC(=O)C45CC6CC(CC(C6)C4)C5)cc3)nc2s1. The number of fused-ring (bicyclic) bond motifs is 1. The third-order valence-corrected chi connectivity index (χ3v) is 8.47. The number of benzene rings is 1. The molecule has 2 aromatic heterocycles. The first-order chi connectivity index (χ1) is 16.4. The van der Waals surface area contributed by atoms with Crippen molar-refractivity contribution in [1.82, 2.24) is 14.6 Å². The quantitative estimate of drug-likeness (QED) is 0.557. The van der Waals surface area contributed by atoms with E-state index in [9.17, 15) is 14.4 Å². The van der Waals surface area contributed by atoms with E-state index in [1.54, 1.807) is 31.2 Å². The number of hydrogen-bond acceptors (Lipinski definition) is 7. The van der Waals surface area contributed by atoms with Gasteiger partial charge in [0.2, 0.25) is 10.9 Å². The highest BCUT2D eigenvalue weighted by molar-refractivity contribution is 7.16. The maximum atomic E-state index is 13.2. The fraction of sp³-hybridized carbons (Fsp3) is 0.480. The van der Waals surface area contributed by atoms with Crippen molar-refractivity contribution in [3.05, 3.63) is 57.0 Å². The van der Waals surface area contributed by atoms with E-state index in [1.807, 2.05) is 0 Å². The minimum atomic E-state index is -0.513. The molecule has 0 unspecified atom stereocenters. The number of nitrogens with one attached hydrogen (secondary N) is 1. The molecule has 4 bridgehead atoms. The molecule has 0 atom stereocenters. The molecule has 4 aliphatic rings. The summed E-state index contributed by atoms with van der Waals surface area (Å²) in [5, 5.41) is 7.94. The van der Waals surface area contributed by atoms with E-state index in [0.29, 0.717) is 39.7 Å². The van der Waals surface area contributed by atoms with Gasteiger partial charge >= 0.3 is 5.97 Å². The summed E-state index contributed by atoms with van der Waals surface area (Å²) < 4.78 is 6.60. The molecular formula is C25H26N4O4S. The minimum Gasteiger partial charge on any atom is -0.456 e. The van der Waals surface area contributed by atoms with Crippen molar-refractivity contribution in [2.24, 2.45) is 23.2 Å². The minimum absolute atomic E-state index is 0.105. The second-order valence-electron chi connectivity index (χ2n) is 10.2. The molecule has 4 aliphatic carbocycles. The lowest BCUT2D eigenvalue weighted by atomic mass is 9.49. The van der Waals surface area contributed by atoms with Crippen molar-refractivity contribution in [2.75, 3.05) is 5.32 Å². The van der Waals surface area contributed by atoms with Gasteiger partial charge in [-0.25, -0.2) is 9.78 Å². The topological polar surface area (TPSA) is 103 Å². The monoisotopic (exact) mass is 478 g/mol. The Morgan fingerprint density at radius 1 is 1.12 bits per heavy atom. The van der Waals surface area contributed by atoms with E-state index in [4.69, 9.17) is 4.74 Å². The number of rotatable bonds is 5. The second-order valence-corrected chi connectivity index (χ2v) is 11.4. The number of ether oxygens (including phenoxy) is 1. The predicted octanol–water partition coefficient (Wildman–Crippen LogP) is 3.97. The Balaban J connectivity index is 1.09. The van der Waals surface area contributed by atoms with Crippen LogP contribution < -0.4 is 10.9 Å². The van der Waals surface area contributed by atoms with Gasteiger partial charge in [-0.2, -0.15) is 9.61 Å². The average Bonchev–Trinajstić information content (AvgIpc) is 3.18. The first-order valence-electron chi connectivity index (χ1n) is 11.8. The molecule has 0 radical (unpaired) electrons. The molecule has 9 heteroatoms. The molecule has 1 amide bonds. The molecule has 8 nitrogen and oxygen atoms in total. The molecule has 2 heterocycles. The molecule has 0 spiro atoms. The summed E-state index contributed by atoms with van der Waals surface area (Å²) in [6.45, 7) is 1.69. The van der Waals surface area contributed by atoms with Crippen molar-refractivity contribution in [1.29, 1.82) is 0 Å². The van der Waals surface area contributed by atoms with Gasteiger partial charge in [0.15, 0.2) is 0 Å². The Morgan fingerprint density at radius 3 is 2.41 bits per heavy atom. The molecule has 0 saturated heterocycles. The summed E-state index contributed by atoms with van der Waals surface area (Å²) in [6.07, 6.45) is 6.93. The van der Waals surface area contributed by atoms with Crippen molar-refractivity contribution in [3.63, 3.8) is 0 Å². The standard InChI is InChI=1S/C25H26N4O4S/c1-14-28-29-21(30)9-20(27-24(29)34-14)13-33-22(31)18-2-4-19(5-3-18)26-23(32)25-10-15-6-16(11-25)8-17(7-15)12-25/h2-5,9,15-17H,6-8,10-13H2,1H3,(H,26,32). The number of aryl methyl sites for hydroxylation is 1. The van der Waals surface area contributed by atoms with Crippen LogP contribution in [0.4, 0.5) is 5.69 Å². The van der Waals surface area contributed by atoms with Crippen LogP contribution in [0.2, 0.25) is 0 Å². The fourth-order valence-electron chi connectivity index (χ4n) is 6.59. The molecule has 1 N–H and O–H groups in total. The molecule has 3 aromatic rings. The number of aromatic nitrogens is 3. The number of anilines is 1. The van der Waals surface area contributed by atoms with Gasteiger partial charge in [0.1, 0.15) is 11.6 Å². The van der Waals surface area contributed by atoms with E-state index in [1.165, 1.54) is 41.2 Å². The van der Waals surface area contributed by atoms with Gasteiger partial charge in [-0.15, -0.1) is 0 Å². The third kappa shape index (κ3) is 3.81. The highest BCUT2D eigenvalue weighted by Crippen LogP contribution is 2.60. The summed E-state index contributed by atoms with van der Waals surface area (Å²) in [5.41, 5.74) is 0.925. The highest BCUT2D eigenvalue weighted by atomic mass is 32.1. The van der Waals surface area contributed by atoms with E-state index in [0.717, 1.165) is 24.3 Å². The van der Waals surface area contributed by atoms with Crippen LogP contribution in [0.15, 0.2) is 35.1 Å². The third-order valence-electron chi connectivity index (χ3n) is 7.65. The van der Waals surface area contributed by atoms with Gasteiger partial charge in [0.25, 0.3) is 5.56 Å². The normalized spacial score (nSPS) is 27.1. The van der Waals surface area contributed by atoms with Crippen LogP contribution in [0.5, 0.6) is 0 Å². The molecule has 4 fully saturated rings. The Morgan fingerprint density at radius 2 is 1.76 bits per heavy atom. The summed E-state index contributed by atoms with van der Waals surface area (Å²) >= 11 is 1.30. The average molecular weight is 479 g/mol.